The van der Waals surface area contributed by atoms with Gasteiger partial charge in [-0.1, -0.05) is 0 Å². The second kappa shape index (κ2) is 7.24. The lowest BCUT2D eigenvalue weighted by Gasteiger charge is -2.11. The molecule has 9 nitrogen and oxygen atoms in total. The molecule has 0 aliphatic rings. The Morgan fingerprint density at radius 2 is 1.85 bits per heavy atom. The van der Waals surface area contributed by atoms with Gasteiger partial charge < -0.3 is 19.9 Å². The molecule has 0 aliphatic heterocycles. The molecule has 110 valence electrons. The van der Waals surface area contributed by atoms with E-state index < -0.39 is 17.9 Å². The molecule has 0 bridgehead atoms. The summed E-state index contributed by atoms with van der Waals surface area (Å²) in [7, 11) is 2.80. The van der Waals surface area contributed by atoms with E-state index in [9.17, 15) is 9.59 Å². The van der Waals surface area contributed by atoms with E-state index in [0.29, 0.717) is 0 Å². The van der Waals surface area contributed by atoms with Gasteiger partial charge in [-0.15, -0.1) is 0 Å². The largest absolute Gasteiger partial charge is 0.481 e. The van der Waals surface area contributed by atoms with E-state index in [-0.39, 0.29) is 24.3 Å². The first-order valence-electron chi connectivity index (χ1n) is 5.72. The standard InChI is InChI=1S/C11H16N4O5/c1-4-20-10(17)8(12)9(16)15-11-13-6(18-2)5-7(14-11)19-3/h5,8H,4,12H2,1-3H3,(H,13,14,15,16). The normalized spacial score (nSPS) is 11.4. The molecule has 1 aromatic rings. The summed E-state index contributed by atoms with van der Waals surface area (Å²) in [6.07, 6.45) is 0. The third-order valence-electron chi connectivity index (χ3n) is 2.16. The Hall–Kier alpha value is -2.42. The van der Waals surface area contributed by atoms with Crippen molar-refractivity contribution in [2.75, 3.05) is 26.1 Å². The maximum Gasteiger partial charge on any atom is 0.332 e. The molecular formula is C11H16N4O5. The molecule has 0 aliphatic carbocycles. The maximum atomic E-state index is 11.7. The van der Waals surface area contributed by atoms with Crippen LogP contribution in [0.5, 0.6) is 11.8 Å². The van der Waals surface area contributed by atoms with Crippen molar-refractivity contribution in [2.45, 2.75) is 13.0 Å². The van der Waals surface area contributed by atoms with E-state index >= 15 is 0 Å². The Bertz CT molecular complexity index is 471. The number of hydrogen-bond acceptors (Lipinski definition) is 8. The number of carbonyl (C=O) groups is 2. The van der Waals surface area contributed by atoms with Gasteiger partial charge in [0.15, 0.2) is 6.04 Å². The molecule has 1 atom stereocenters. The number of nitrogens with two attached hydrogens (primary N) is 1. The molecule has 0 spiro atoms. The first kappa shape index (κ1) is 15.6. The molecule has 1 heterocycles. The van der Waals surface area contributed by atoms with E-state index in [4.69, 9.17) is 15.2 Å². The van der Waals surface area contributed by atoms with Crippen molar-refractivity contribution in [1.29, 1.82) is 0 Å². The number of hydrogen-bond donors (Lipinski definition) is 2. The predicted octanol–water partition coefficient (Wildman–Crippen LogP) is -0.677. The molecular weight excluding hydrogens is 268 g/mol. The monoisotopic (exact) mass is 284 g/mol. The summed E-state index contributed by atoms with van der Waals surface area (Å²) < 4.78 is 14.5. The minimum atomic E-state index is -1.46. The minimum Gasteiger partial charge on any atom is -0.481 e. The van der Waals surface area contributed by atoms with E-state index in [1.807, 2.05) is 0 Å². The lowest BCUT2D eigenvalue weighted by molar-refractivity contribution is -0.146. The van der Waals surface area contributed by atoms with Crippen molar-refractivity contribution in [3.63, 3.8) is 0 Å². The number of nitrogens with one attached hydrogen (secondary N) is 1. The van der Waals surface area contributed by atoms with Crippen LogP contribution < -0.4 is 20.5 Å². The number of esters is 1. The zero-order chi connectivity index (χ0) is 15.1. The average Bonchev–Trinajstić information content (AvgIpc) is 2.45. The predicted molar refractivity (Wildman–Crippen MR) is 68.4 cm³/mol. The number of amides is 1. The lowest BCUT2D eigenvalue weighted by Crippen LogP contribution is -2.43. The zero-order valence-corrected chi connectivity index (χ0v) is 11.4. The topological polar surface area (TPSA) is 126 Å². The van der Waals surface area contributed by atoms with Crippen LogP contribution in [0, 0.1) is 0 Å². The SMILES string of the molecule is CCOC(=O)C(N)C(=O)Nc1nc(OC)cc(OC)n1. The maximum absolute atomic E-state index is 11.7. The molecule has 3 N–H and O–H groups in total. The van der Waals surface area contributed by atoms with E-state index in [1.54, 1.807) is 6.92 Å². The average molecular weight is 284 g/mol. The van der Waals surface area contributed by atoms with Gasteiger partial charge in [-0.3, -0.25) is 10.1 Å². The highest BCUT2D eigenvalue weighted by atomic mass is 16.5. The summed E-state index contributed by atoms with van der Waals surface area (Å²) in [4.78, 5) is 30.8. The Kier molecular flexibility index (Phi) is 5.66. The van der Waals surface area contributed by atoms with Gasteiger partial charge in [0, 0.05) is 0 Å². The fraction of sp³-hybridized carbons (Fsp3) is 0.455. The van der Waals surface area contributed by atoms with Crippen molar-refractivity contribution >= 4 is 17.8 Å². The Morgan fingerprint density at radius 3 is 2.30 bits per heavy atom. The van der Waals surface area contributed by atoms with Crippen LogP contribution in [0.4, 0.5) is 5.95 Å². The first-order chi connectivity index (χ1) is 9.51. The molecule has 0 saturated carbocycles. The van der Waals surface area contributed by atoms with Crippen LogP contribution in [0.3, 0.4) is 0 Å². The van der Waals surface area contributed by atoms with Gasteiger partial charge in [-0.2, -0.15) is 9.97 Å². The van der Waals surface area contributed by atoms with Crippen LogP contribution in [0.15, 0.2) is 6.07 Å². The van der Waals surface area contributed by atoms with Crippen molar-refractivity contribution in [1.82, 2.24) is 9.97 Å². The molecule has 0 aromatic carbocycles. The van der Waals surface area contributed by atoms with Gasteiger partial charge in [0.1, 0.15) is 0 Å². The second-order valence-electron chi connectivity index (χ2n) is 3.50. The smallest absolute Gasteiger partial charge is 0.332 e. The molecule has 0 saturated heterocycles. The molecule has 0 radical (unpaired) electrons. The molecule has 9 heteroatoms. The van der Waals surface area contributed by atoms with Gasteiger partial charge in [-0.05, 0) is 6.92 Å². The van der Waals surface area contributed by atoms with Crippen LogP contribution in [0.2, 0.25) is 0 Å². The molecule has 1 aromatic heterocycles. The van der Waals surface area contributed by atoms with E-state index in [1.165, 1.54) is 20.3 Å². The number of methoxy groups -OCH3 is 2. The summed E-state index contributed by atoms with van der Waals surface area (Å²) in [5.41, 5.74) is 5.43. The summed E-state index contributed by atoms with van der Waals surface area (Å²) in [6.45, 7) is 1.74. The fourth-order valence-corrected chi connectivity index (χ4v) is 1.20. The molecule has 1 amide bonds. The quantitative estimate of drug-likeness (QED) is 0.520. The van der Waals surface area contributed by atoms with Gasteiger partial charge in [0.05, 0.1) is 26.9 Å². The molecule has 1 unspecified atom stereocenters. The molecule has 1 rings (SSSR count). The fourth-order valence-electron chi connectivity index (χ4n) is 1.20. The Balaban J connectivity index is 2.81. The summed E-state index contributed by atoms with van der Waals surface area (Å²) in [5, 5.41) is 2.28. The molecule has 20 heavy (non-hydrogen) atoms. The summed E-state index contributed by atoms with van der Waals surface area (Å²) in [5.74, 6) is -1.33. The van der Waals surface area contributed by atoms with E-state index in [0.717, 1.165) is 0 Å². The number of carbonyl (C=O) groups excluding carboxylic acids is 2. The molecule has 0 fully saturated rings. The van der Waals surface area contributed by atoms with Crippen LogP contribution >= 0.6 is 0 Å². The van der Waals surface area contributed by atoms with Crippen molar-refractivity contribution in [2.24, 2.45) is 5.73 Å². The van der Waals surface area contributed by atoms with Gasteiger partial charge in [-0.25, -0.2) is 4.79 Å². The van der Waals surface area contributed by atoms with Crippen molar-refractivity contribution in [3.8, 4) is 11.8 Å². The van der Waals surface area contributed by atoms with Crippen molar-refractivity contribution in [3.05, 3.63) is 6.07 Å². The minimum absolute atomic E-state index is 0.0917. The van der Waals surface area contributed by atoms with Crippen LogP contribution in [-0.2, 0) is 14.3 Å². The van der Waals surface area contributed by atoms with Gasteiger partial charge in [0.25, 0.3) is 5.91 Å². The Morgan fingerprint density at radius 1 is 1.30 bits per heavy atom. The third kappa shape index (κ3) is 4.05. The second-order valence-corrected chi connectivity index (χ2v) is 3.50. The highest BCUT2D eigenvalue weighted by molar-refractivity contribution is 6.07. The number of ether oxygens (including phenoxy) is 3. The lowest BCUT2D eigenvalue weighted by atomic mass is 10.3. The highest BCUT2D eigenvalue weighted by Crippen LogP contribution is 2.17. The van der Waals surface area contributed by atoms with Gasteiger partial charge in [0.2, 0.25) is 17.7 Å². The van der Waals surface area contributed by atoms with Crippen LogP contribution in [0.25, 0.3) is 0 Å². The summed E-state index contributed by atoms with van der Waals surface area (Å²) >= 11 is 0. The van der Waals surface area contributed by atoms with Crippen molar-refractivity contribution < 1.29 is 23.8 Å². The van der Waals surface area contributed by atoms with Crippen LogP contribution in [-0.4, -0.2) is 48.7 Å². The highest BCUT2D eigenvalue weighted by Gasteiger charge is 2.24. The van der Waals surface area contributed by atoms with E-state index in [2.05, 4.69) is 20.0 Å². The van der Waals surface area contributed by atoms with Gasteiger partial charge >= 0.3 is 5.97 Å². The first-order valence-corrected chi connectivity index (χ1v) is 5.72. The summed E-state index contributed by atoms with van der Waals surface area (Å²) in [6, 6.07) is -0.0308. The number of anilines is 1. The van der Waals surface area contributed by atoms with Crippen LogP contribution in [0.1, 0.15) is 6.92 Å². The number of nitrogens with zero attached hydrogens (tertiary/aromatic N) is 2. The zero-order valence-electron chi connectivity index (χ0n) is 11.4. The number of aromatic nitrogens is 2. The Labute approximate surface area is 115 Å². The third-order valence-corrected chi connectivity index (χ3v) is 2.16. The number of rotatable bonds is 6.